The van der Waals surface area contributed by atoms with E-state index in [4.69, 9.17) is 0 Å². The van der Waals surface area contributed by atoms with E-state index < -0.39 is 0 Å². The average Bonchev–Trinajstić information content (AvgIpc) is 3.51. The molecule has 0 N–H and O–H groups in total. The van der Waals surface area contributed by atoms with Crippen LogP contribution in [0.4, 0.5) is 10.1 Å². The Balaban J connectivity index is 1.37. The van der Waals surface area contributed by atoms with Crippen molar-refractivity contribution in [3.05, 3.63) is 71.7 Å². The van der Waals surface area contributed by atoms with E-state index in [9.17, 15) is 9.18 Å². The number of likely N-dealkylation sites (N-methyl/N-ethyl adjacent to an activating group) is 1. The highest BCUT2D eigenvalue weighted by atomic mass is 32.2. The van der Waals surface area contributed by atoms with Gasteiger partial charge in [-0.05, 0) is 36.6 Å². The summed E-state index contributed by atoms with van der Waals surface area (Å²) in [6.07, 6.45) is 3.78. The molecule has 1 aromatic heterocycles. The van der Waals surface area contributed by atoms with Crippen molar-refractivity contribution < 1.29 is 9.18 Å². The lowest BCUT2D eigenvalue weighted by molar-refractivity contribution is -0.112. The number of carbonyl (C=O) groups is 1. The Morgan fingerprint density at radius 1 is 1.16 bits per heavy atom. The van der Waals surface area contributed by atoms with E-state index in [0.717, 1.165) is 24.2 Å². The largest absolute Gasteiger partial charge is 0.347 e. The van der Waals surface area contributed by atoms with Gasteiger partial charge in [-0.3, -0.25) is 9.36 Å². The first-order chi connectivity index (χ1) is 15.4. The highest BCUT2D eigenvalue weighted by Gasteiger charge is 2.38. The van der Waals surface area contributed by atoms with Gasteiger partial charge in [-0.1, -0.05) is 55.9 Å². The number of anilines is 1. The highest BCUT2D eigenvalue weighted by Crippen LogP contribution is 2.46. The number of hydrogen-bond donors (Lipinski definition) is 0. The minimum atomic E-state index is -0.315. The number of thioether (sulfide) groups is 1. The van der Waals surface area contributed by atoms with Crippen molar-refractivity contribution in [1.82, 2.24) is 14.8 Å². The number of fused-ring (bicyclic) bond motifs is 1. The summed E-state index contributed by atoms with van der Waals surface area (Å²) in [5, 5.41) is 9.24. The van der Waals surface area contributed by atoms with Gasteiger partial charge < -0.3 is 4.90 Å². The fourth-order valence-corrected chi connectivity index (χ4v) is 5.28. The number of allylic oxidation sites excluding steroid dienone is 2. The van der Waals surface area contributed by atoms with Gasteiger partial charge in [0.25, 0.3) is 0 Å². The number of hydrogen-bond acceptors (Lipinski definition) is 5. The Kier molecular flexibility index (Phi) is 5.16. The van der Waals surface area contributed by atoms with Crippen LogP contribution in [-0.4, -0.2) is 33.3 Å². The number of rotatable bonds is 6. The molecular formula is C25H25FN4OS. The van der Waals surface area contributed by atoms with Gasteiger partial charge in [0.2, 0.25) is 0 Å². The summed E-state index contributed by atoms with van der Waals surface area (Å²) in [5.74, 6) is 0.498. The lowest BCUT2D eigenvalue weighted by Gasteiger charge is -2.23. The van der Waals surface area contributed by atoms with Crippen LogP contribution in [0.25, 0.3) is 11.4 Å². The molecule has 32 heavy (non-hydrogen) atoms. The molecule has 2 aliphatic rings. The van der Waals surface area contributed by atoms with Crippen molar-refractivity contribution >= 4 is 23.2 Å². The van der Waals surface area contributed by atoms with Crippen molar-refractivity contribution in [3.8, 4) is 11.4 Å². The molecule has 2 aromatic carbocycles. The minimum Gasteiger partial charge on any atom is -0.347 e. The molecule has 3 aromatic rings. The Morgan fingerprint density at radius 3 is 2.59 bits per heavy atom. The maximum atomic E-state index is 14.4. The molecule has 164 valence electrons. The second-order valence-corrected chi connectivity index (χ2v) is 9.82. The normalized spacial score (nSPS) is 18.2. The summed E-state index contributed by atoms with van der Waals surface area (Å²) in [6, 6.07) is 15.1. The number of halogens is 1. The number of ketones is 1. The van der Waals surface area contributed by atoms with Crippen molar-refractivity contribution in [2.45, 2.75) is 43.3 Å². The van der Waals surface area contributed by atoms with Gasteiger partial charge in [0.15, 0.2) is 16.8 Å². The third-order valence-electron chi connectivity index (χ3n) is 6.27. The second kappa shape index (κ2) is 7.89. The molecule has 0 spiro atoms. The molecule has 1 aliphatic heterocycles. The van der Waals surface area contributed by atoms with Crippen LogP contribution in [0.15, 0.2) is 65.5 Å². The lowest BCUT2D eigenvalue weighted by Crippen LogP contribution is -2.24. The van der Waals surface area contributed by atoms with Gasteiger partial charge in [0, 0.05) is 36.0 Å². The van der Waals surface area contributed by atoms with Gasteiger partial charge in [-0.25, -0.2) is 4.39 Å². The van der Waals surface area contributed by atoms with Crippen molar-refractivity contribution in [2.24, 2.45) is 0 Å². The molecule has 5 nitrogen and oxygen atoms in total. The molecule has 5 rings (SSSR count). The van der Waals surface area contributed by atoms with Gasteiger partial charge in [0.05, 0.1) is 11.3 Å². The summed E-state index contributed by atoms with van der Waals surface area (Å²) in [5.41, 5.74) is 3.54. The molecular weight excluding hydrogens is 423 g/mol. The highest BCUT2D eigenvalue weighted by molar-refractivity contribution is 7.99. The molecule has 0 saturated heterocycles. The molecule has 2 heterocycles. The van der Waals surface area contributed by atoms with Crippen LogP contribution < -0.4 is 4.90 Å². The third kappa shape index (κ3) is 3.54. The fourth-order valence-electron chi connectivity index (χ4n) is 4.45. The molecule has 0 amide bonds. The van der Waals surface area contributed by atoms with Gasteiger partial charge in [0.1, 0.15) is 5.82 Å². The molecule has 0 atom stereocenters. The first kappa shape index (κ1) is 20.9. The molecule has 0 unspecified atom stereocenters. The SMILES string of the molecule is CN1/C(=C/C(=O)CSc2nnc(-c3ccccc3F)n2C2CC2)C(C)(C)c2ccccc21. The zero-order valence-corrected chi connectivity index (χ0v) is 19.2. The first-order valence-corrected chi connectivity index (χ1v) is 11.8. The summed E-state index contributed by atoms with van der Waals surface area (Å²) >= 11 is 1.37. The van der Waals surface area contributed by atoms with E-state index in [1.165, 1.54) is 23.4 Å². The van der Waals surface area contributed by atoms with Crippen LogP contribution >= 0.6 is 11.8 Å². The van der Waals surface area contributed by atoms with Gasteiger partial charge in [-0.2, -0.15) is 0 Å². The summed E-state index contributed by atoms with van der Waals surface area (Å²) < 4.78 is 16.3. The van der Waals surface area contributed by atoms with Crippen LogP contribution in [-0.2, 0) is 10.2 Å². The summed E-state index contributed by atoms with van der Waals surface area (Å²) in [6.45, 7) is 4.29. The molecule has 0 radical (unpaired) electrons. The van der Waals surface area contributed by atoms with Crippen LogP contribution in [0.3, 0.4) is 0 Å². The average molecular weight is 449 g/mol. The smallest absolute Gasteiger partial charge is 0.192 e. The van der Waals surface area contributed by atoms with Gasteiger partial charge in [-0.15, -0.1) is 10.2 Å². The van der Waals surface area contributed by atoms with Crippen LogP contribution in [0.2, 0.25) is 0 Å². The fraction of sp³-hybridized carbons (Fsp3) is 0.320. The van der Waals surface area contributed by atoms with E-state index in [1.807, 2.05) is 23.7 Å². The molecule has 0 bridgehead atoms. The van der Waals surface area contributed by atoms with Crippen molar-refractivity contribution in [3.63, 3.8) is 0 Å². The quantitative estimate of drug-likeness (QED) is 0.374. The molecule has 1 saturated carbocycles. The summed E-state index contributed by atoms with van der Waals surface area (Å²) in [7, 11) is 2.00. The number of nitrogens with zero attached hydrogens (tertiary/aromatic N) is 4. The number of benzene rings is 2. The van der Waals surface area contributed by atoms with E-state index in [1.54, 1.807) is 24.3 Å². The topological polar surface area (TPSA) is 51.0 Å². The van der Waals surface area contributed by atoms with Crippen LogP contribution in [0, 0.1) is 5.82 Å². The van der Waals surface area contributed by atoms with Crippen molar-refractivity contribution in [2.75, 3.05) is 17.7 Å². The number of carbonyl (C=O) groups excluding carboxylic acids is 1. The Labute approximate surface area is 191 Å². The van der Waals surface area contributed by atoms with Crippen molar-refractivity contribution in [1.29, 1.82) is 0 Å². The monoisotopic (exact) mass is 448 g/mol. The second-order valence-electron chi connectivity index (χ2n) is 8.87. The van der Waals surface area contributed by atoms with E-state index in [0.29, 0.717) is 16.5 Å². The Bertz CT molecular complexity index is 1230. The third-order valence-corrected chi connectivity index (χ3v) is 7.24. The number of aromatic nitrogens is 3. The van der Waals surface area contributed by atoms with Crippen LogP contribution in [0.5, 0.6) is 0 Å². The van der Waals surface area contributed by atoms with E-state index in [2.05, 4.69) is 41.1 Å². The maximum absolute atomic E-state index is 14.4. The van der Waals surface area contributed by atoms with Crippen LogP contribution in [0.1, 0.15) is 38.3 Å². The Hall–Kier alpha value is -2.93. The summed E-state index contributed by atoms with van der Waals surface area (Å²) in [4.78, 5) is 15.0. The zero-order chi connectivity index (χ0) is 22.5. The van der Waals surface area contributed by atoms with E-state index >= 15 is 0 Å². The molecule has 7 heteroatoms. The minimum absolute atomic E-state index is 0.0236. The Morgan fingerprint density at radius 2 is 1.88 bits per heavy atom. The maximum Gasteiger partial charge on any atom is 0.192 e. The van der Waals surface area contributed by atoms with Gasteiger partial charge >= 0.3 is 0 Å². The molecule has 1 fully saturated rings. The van der Waals surface area contributed by atoms with E-state index in [-0.39, 0.29) is 28.8 Å². The number of para-hydroxylation sites is 1. The predicted molar refractivity (Wildman–Crippen MR) is 125 cm³/mol. The first-order valence-electron chi connectivity index (χ1n) is 10.8. The predicted octanol–water partition coefficient (Wildman–Crippen LogP) is 5.39. The zero-order valence-electron chi connectivity index (χ0n) is 18.4. The standard InChI is InChI=1S/C25H25FN4OS/c1-25(2)19-9-5-7-11-21(19)29(3)22(25)14-17(31)15-32-24-28-27-23(30(24)16-12-13-16)18-8-4-6-10-20(18)26/h4-11,14,16H,12-13,15H2,1-3H3/b22-14+. The molecule has 1 aliphatic carbocycles. The lowest BCUT2D eigenvalue weighted by atomic mass is 9.83.